The van der Waals surface area contributed by atoms with Gasteiger partial charge in [0.1, 0.15) is 17.2 Å². The number of esters is 1. The first-order valence-corrected chi connectivity index (χ1v) is 10.5. The van der Waals surface area contributed by atoms with E-state index >= 15 is 0 Å². The molecule has 1 unspecified atom stereocenters. The molecule has 8 nitrogen and oxygen atoms in total. The van der Waals surface area contributed by atoms with Gasteiger partial charge in [0.05, 0.1) is 6.61 Å². The number of carbonyl (C=O) groups excluding carboxylic acids is 3. The highest BCUT2D eigenvalue weighted by Gasteiger charge is 2.54. The largest absolute Gasteiger partial charge is 0.464 e. The fourth-order valence-electron chi connectivity index (χ4n) is 4.06. The molecular formula is C22H31N3O5. The number of ether oxygens (including phenoxy) is 2. The summed E-state index contributed by atoms with van der Waals surface area (Å²) in [5, 5.41) is 6.23. The summed E-state index contributed by atoms with van der Waals surface area (Å²) in [5.41, 5.74) is -0.972. The van der Waals surface area contributed by atoms with E-state index in [1.54, 1.807) is 27.7 Å². The summed E-state index contributed by atoms with van der Waals surface area (Å²) >= 11 is 0. The molecule has 2 aliphatic rings. The molecule has 0 saturated carbocycles. The van der Waals surface area contributed by atoms with Gasteiger partial charge in [-0.1, -0.05) is 30.3 Å². The van der Waals surface area contributed by atoms with E-state index < -0.39 is 29.2 Å². The lowest BCUT2D eigenvalue weighted by atomic mass is 9.84. The van der Waals surface area contributed by atoms with Crippen molar-refractivity contribution in [1.82, 2.24) is 15.3 Å². The molecule has 0 aliphatic carbocycles. The fraction of sp³-hybridized carbons (Fsp3) is 0.591. The predicted octanol–water partition coefficient (Wildman–Crippen LogP) is 2.28. The molecule has 2 aliphatic heterocycles. The van der Waals surface area contributed by atoms with Gasteiger partial charge >= 0.3 is 12.1 Å². The first-order valence-electron chi connectivity index (χ1n) is 10.5. The summed E-state index contributed by atoms with van der Waals surface area (Å²) in [6.07, 6.45) is 0.600. The molecule has 0 aromatic heterocycles. The van der Waals surface area contributed by atoms with Crippen LogP contribution in [0.3, 0.4) is 0 Å². The third kappa shape index (κ3) is 4.75. The van der Waals surface area contributed by atoms with Crippen LogP contribution in [0.1, 0.15) is 46.1 Å². The molecule has 164 valence electrons. The first-order chi connectivity index (χ1) is 14.1. The van der Waals surface area contributed by atoms with E-state index in [1.165, 1.54) is 5.01 Å². The lowest BCUT2D eigenvalue weighted by Crippen LogP contribution is -2.69. The van der Waals surface area contributed by atoms with Crippen molar-refractivity contribution in [3.63, 3.8) is 0 Å². The third-order valence-corrected chi connectivity index (χ3v) is 5.32. The second-order valence-corrected chi connectivity index (χ2v) is 8.78. The third-order valence-electron chi connectivity index (χ3n) is 5.32. The molecule has 0 spiro atoms. The summed E-state index contributed by atoms with van der Waals surface area (Å²) in [6, 6.07) is 8.86. The number of amides is 2. The van der Waals surface area contributed by atoms with Crippen molar-refractivity contribution < 1.29 is 23.9 Å². The molecule has 0 radical (unpaired) electrons. The van der Waals surface area contributed by atoms with Crippen molar-refractivity contribution in [2.24, 2.45) is 0 Å². The van der Waals surface area contributed by atoms with Gasteiger partial charge in [-0.3, -0.25) is 9.80 Å². The van der Waals surface area contributed by atoms with Crippen LogP contribution in [0.4, 0.5) is 4.79 Å². The highest BCUT2D eigenvalue weighted by Crippen LogP contribution is 2.33. The lowest BCUT2D eigenvalue weighted by molar-refractivity contribution is -0.173. The molecular weight excluding hydrogens is 386 g/mol. The Morgan fingerprint density at radius 3 is 2.53 bits per heavy atom. The van der Waals surface area contributed by atoms with Gasteiger partial charge in [0.15, 0.2) is 0 Å². The van der Waals surface area contributed by atoms with Crippen LogP contribution in [0.25, 0.3) is 0 Å². The van der Waals surface area contributed by atoms with Gasteiger partial charge in [0.2, 0.25) is 0 Å². The average molecular weight is 418 g/mol. The van der Waals surface area contributed by atoms with Crippen molar-refractivity contribution in [3.8, 4) is 0 Å². The summed E-state index contributed by atoms with van der Waals surface area (Å²) < 4.78 is 10.6. The molecule has 2 saturated heterocycles. The van der Waals surface area contributed by atoms with Crippen LogP contribution in [-0.2, 0) is 25.5 Å². The highest BCUT2D eigenvalue weighted by atomic mass is 16.6. The van der Waals surface area contributed by atoms with Crippen LogP contribution in [0.2, 0.25) is 0 Å². The number of fused-ring (bicyclic) bond motifs is 1. The number of nitrogens with one attached hydrogen (secondary N) is 1. The Morgan fingerprint density at radius 2 is 1.90 bits per heavy atom. The van der Waals surface area contributed by atoms with E-state index in [4.69, 9.17) is 9.47 Å². The molecule has 2 atom stereocenters. The molecule has 2 amide bonds. The number of carbonyl (C=O) groups is 3. The maximum Gasteiger partial charge on any atom is 0.408 e. The first kappa shape index (κ1) is 22.1. The number of nitrogens with zero attached hydrogens (tertiary/aromatic N) is 2. The van der Waals surface area contributed by atoms with Crippen molar-refractivity contribution in [1.29, 1.82) is 0 Å². The van der Waals surface area contributed by atoms with Gasteiger partial charge in [-0.2, -0.15) is 0 Å². The molecule has 30 heavy (non-hydrogen) atoms. The Hall–Kier alpha value is -2.61. The predicted molar refractivity (Wildman–Crippen MR) is 110 cm³/mol. The molecule has 3 rings (SSSR count). The normalized spacial score (nSPS) is 24.3. The number of benzene rings is 1. The molecule has 2 heterocycles. The Balaban J connectivity index is 1.91. The maximum absolute atomic E-state index is 13.8. The Bertz CT molecular complexity index is 792. The van der Waals surface area contributed by atoms with E-state index in [0.29, 0.717) is 32.4 Å². The topological polar surface area (TPSA) is 88.2 Å². The van der Waals surface area contributed by atoms with Gasteiger partial charge in [0.25, 0.3) is 5.91 Å². The van der Waals surface area contributed by atoms with Crippen molar-refractivity contribution in [2.75, 3.05) is 19.7 Å². The zero-order valence-corrected chi connectivity index (χ0v) is 18.1. The number of alkyl carbamates (subject to hydrolysis) is 1. The standard InChI is InChI=1S/C22H31N3O5/c1-5-29-18(26)17-11-13-24-14-12-22(19(27)25(17)24,15-16-9-7-6-8-10-16)23-20(28)30-21(2,3)4/h6-10,17H,5,11-15H2,1-4H3,(H,23,28)/t17?,22-/m1/s1. The summed E-state index contributed by atoms with van der Waals surface area (Å²) in [6.45, 7) is 8.47. The average Bonchev–Trinajstić information content (AvgIpc) is 3.09. The number of hydrogen-bond donors (Lipinski definition) is 1. The van der Waals surface area contributed by atoms with E-state index in [2.05, 4.69) is 5.32 Å². The Morgan fingerprint density at radius 1 is 1.20 bits per heavy atom. The van der Waals surface area contributed by atoms with E-state index in [0.717, 1.165) is 5.56 Å². The lowest BCUT2D eigenvalue weighted by Gasteiger charge is -2.46. The van der Waals surface area contributed by atoms with Crippen LogP contribution in [0.15, 0.2) is 30.3 Å². The zero-order chi connectivity index (χ0) is 21.9. The SMILES string of the molecule is CCOC(=O)C1CCN2CC[C@](Cc3ccccc3)(NC(=O)OC(C)(C)C)C(=O)N12. The number of hydrazine groups is 1. The molecule has 8 heteroatoms. The van der Waals surface area contributed by atoms with E-state index in [1.807, 2.05) is 35.3 Å². The number of hydrogen-bond acceptors (Lipinski definition) is 6. The highest BCUT2D eigenvalue weighted by molar-refractivity contribution is 5.94. The van der Waals surface area contributed by atoms with Gasteiger partial charge in [-0.15, -0.1) is 0 Å². The van der Waals surface area contributed by atoms with Crippen LogP contribution >= 0.6 is 0 Å². The van der Waals surface area contributed by atoms with Crippen molar-refractivity contribution in [2.45, 2.75) is 64.1 Å². The van der Waals surface area contributed by atoms with Gasteiger partial charge in [-0.05, 0) is 46.1 Å². The second kappa shape index (κ2) is 8.63. The van der Waals surface area contributed by atoms with Crippen molar-refractivity contribution in [3.05, 3.63) is 35.9 Å². The van der Waals surface area contributed by atoms with Crippen LogP contribution < -0.4 is 5.32 Å². The fourth-order valence-corrected chi connectivity index (χ4v) is 4.06. The molecule has 0 bridgehead atoms. The van der Waals surface area contributed by atoms with Crippen LogP contribution in [0.5, 0.6) is 0 Å². The minimum absolute atomic E-state index is 0.253. The van der Waals surface area contributed by atoms with Gasteiger partial charge in [0, 0.05) is 19.5 Å². The quantitative estimate of drug-likeness (QED) is 0.740. The van der Waals surface area contributed by atoms with Crippen LogP contribution in [0, 0.1) is 0 Å². The summed E-state index contributed by atoms with van der Waals surface area (Å²) in [4.78, 5) is 38.9. The molecule has 2 fully saturated rings. The van der Waals surface area contributed by atoms with Crippen molar-refractivity contribution >= 4 is 18.0 Å². The monoisotopic (exact) mass is 417 g/mol. The second-order valence-electron chi connectivity index (χ2n) is 8.78. The minimum atomic E-state index is -1.20. The molecule has 1 aromatic rings. The maximum atomic E-state index is 13.8. The number of rotatable bonds is 5. The Kier molecular flexibility index (Phi) is 6.36. The summed E-state index contributed by atoms with van der Waals surface area (Å²) in [7, 11) is 0. The minimum Gasteiger partial charge on any atom is -0.464 e. The van der Waals surface area contributed by atoms with Crippen LogP contribution in [-0.4, -0.2) is 64.9 Å². The van der Waals surface area contributed by atoms with Gasteiger partial charge < -0.3 is 14.8 Å². The molecule has 1 aromatic carbocycles. The van der Waals surface area contributed by atoms with E-state index in [-0.39, 0.29) is 12.5 Å². The summed E-state index contributed by atoms with van der Waals surface area (Å²) in [5.74, 6) is -0.722. The molecule has 1 N–H and O–H groups in total. The zero-order valence-electron chi connectivity index (χ0n) is 18.1. The Labute approximate surface area is 177 Å². The van der Waals surface area contributed by atoms with Gasteiger partial charge in [-0.25, -0.2) is 14.6 Å². The van der Waals surface area contributed by atoms with E-state index in [9.17, 15) is 14.4 Å². The smallest absolute Gasteiger partial charge is 0.408 e.